The van der Waals surface area contributed by atoms with Gasteiger partial charge in [0.15, 0.2) is 0 Å². The Balaban J connectivity index is 0.966. The smallest absolute Gasteiger partial charge is 0.0788 e. The average Bonchev–Trinajstić information content (AvgIpc) is 3.99. The summed E-state index contributed by atoms with van der Waals surface area (Å²) in [6.45, 7) is 0. The first-order valence-corrected chi connectivity index (χ1v) is 20.6. The highest BCUT2D eigenvalue weighted by molar-refractivity contribution is 7.25. The number of anilines is 3. The van der Waals surface area contributed by atoms with E-state index in [1.54, 1.807) is 0 Å². The van der Waals surface area contributed by atoms with Crippen LogP contribution in [0.1, 0.15) is 0 Å². The fourth-order valence-corrected chi connectivity index (χ4v) is 10.1. The summed E-state index contributed by atoms with van der Waals surface area (Å²) < 4.78 is 7.38. The van der Waals surface area contributed by atoms with Gasteiger partial charge in [-0.1, -0.05) is 127 Å². The second kappa shape index (κ2) is 13.1. The van der Waals surface area contributed by atoms with Crippen LogP contribution in [0.15, 0.2) is 212 Å². The molecule has 58 heavy (non-hydrogen) atoms. The van der Waals surface area contributed by atoms with Crippen LogP contribution in [0.4, 0.5) is 17.1 Å². The molecular formula is C54H35N3S. The van der Waals surface area contributed by atoms with Crippen molar-refractivity contribution in [2.24, 2.45) is 0 Å². The number of nitrogens with zero attached hydrogens (tertiary/aromatic N) is 3. The van der Waals surface area contributed by atoms with Crippen LogP contribution >= 0.6 is 11.3 Å². The topological polar surface area (TPSA) is 13.1 Å². The molecule has 0 N–H and O–H groups in total. The van der Waals surface area contributed by atoms with Crippen molar-refractivity contribution in [1.82, 2.24) is 9.13 Å². The number of hydrogen-bond donors (Lipinski definition) is 0. The molecule has 0 radical (unpaired) electrons. The number of benzene rings is 9. The number of thiophene rings is 1. The van der Waals surface area contributed by atoms with Crippen LogP contribution in [-0.4, -0.2) is 9.13 Å². The molecule has 0 aliphatic rings. The van der Waals surface area contributed by atoms with Crippen molar-refractivity contribution in [3.8, 4) is 22.5 Å². The van der Waals surface area contributed by atoms with Crippen LogP contribution in [0.3, 0.4) is 0 Å². The van der Waals surface area contributed by atoms with Gasteiger partial charge in [0.1, 0.15) is 0 Å². The Hall–Kier alpha value is -7.40. The molecule has 272 valence electrons. The molecule has 9 aromatic carbocycles. The standard InChI is InChI=1S/C54H35N3S/c1-2-13-40(14-3-1)55-34-33-39-25-31-47-45-16-6-8-18-50(45)57(54(47)53(39)55)42-28-23-37(24-29-42)36-21-26-41(27-22-36)56(49-19-10-12-38-11-4-5-15-44(38)49)43-30-32-52-48(35-43)46-17-7-9-20-51(46)58-52/h1-35H. The van der Waals surface area contributed by atoms with Crippen LogP contribution in [0.5, 0.6) is 0 Å². The van der Waals surface area contributed by atoms with Crippen LogP contribution < -0.4 is 4.90 Å². The fourth-order valence-electron chi connectivity index (χ4n) is 9.03. The van der Waals surface area contributed by atoms with E-state index in [2.05, 4.69) is 226 Å². The van der Waals surface area contributed by atoms with Crippen molar-refractivity contribution < 1.29 is 0 Å². The molecular weight excluding hydrogens is 723 g/mol. The third-order valence-electron chi connectivity index (χ3n) is 11.7. The molecule has 0 atom stereocenters. The third-order valence-corrected chi connectivity index (χ3v) is 12.9. The van der Waals surface area contributed by atoms with Crippen LogP contribution in [0, 0.1) is 0 Å². The van der Waals surface area contributed by atoms with Gasteiger partial charge in [-0.2, -0.15) is 0 Å². The Morgan fingerprint density at radius 3 is 1.90 bits per heavy atom. The number of para-hydroxylation sites is 2. The average molecular weight is 758 g/mol. The molecule has 0 aliphatic heterocycles. The Labute approximate surface area is 339 Å². The molecule has 0 unspecified atom stereocenters. The summed E-state index contributed by atoms with van der Waals surface area (Å²) in [6, 6.07) is 75.2. The monoisotopic (exact) mass is 757 g/mol. The van der Waals surface area contributed by atoms with Crippen LogP contribution in [-0.2, 0) is 0 Å². The molecule has 0 amide bonds. The van der Waals surface area contributed by atoms with Crippen LogP contribution in [0.2, 0.25) is 0 Å². The zero-order valence-corrected chi connectivity index (χ0v) is 32.3. The second-order valence-electron chi connectivity index (χ2n) is 15.0. The Morgan fingerprint density at radius 1 is 0.379 bits per heavy atom. The van der Waals surface area contributed by atoms with E-state index in [1.807, 2.05) is 11.3 Å². The summed E-state index contributed by atoms with van der Waals surface area (Å²) in [7, 11) is 0. The summed E-state index contributed by atoms with van der Waals surface area (Å²) >= 11 is 1.86. The van der Waals surface area contributed by atoms with Gasteiger partial charge < -0.3 is 14.0 Å². The van der Waals surface area contributed by atoms with Gasteiger partial charge in [-0.25, -0.2) is 0 Å². The van der Waals surface area contributed by atoms with E-state index in [0.717, 1.165) is 28.4 Å². The van der Waals surface area contributed by atoms with E-state index in [9.17, 15) is 0 Å². The van der Waals surface area contributed by atoms with Gasteiger partial charge >= 0.3 is 0 Å². The molecule has 0 fully saturated rings. The van der Waals surface area contributed by atoms with Gasteiger partial charge in [0.05, 0.1) is 22.2 Å². The quantitative estimate of drug-likeness (QED) is 0.165. The summed E-state index contributed by atoms with van der Waals surface area (Å²) in [4.78, 5) is 2.41. The fraction of sp³-hybridized carbons (Fsp3) is 0. The minimum Gasteiger partial charge on any atom is -0.315 e. The lowest BCUT2D eigenvalue weighted by atomic mass is 10.0. The van der Waals surface area contributed by atoms with Crippen molar-refractivity contribution in [3.05, 3.63) is 212 Å². The molecule has 12 rings (SSSR count). The van der Waals surface area contributed by atoms with E-state index in [0.29, 0.717) is 0 Å². The van der Waals surface area contributed by atoms with Crippen molar-refractivity contribution in [3.63, 3.8) is 0 Å². The summed E-state index contributed by atoms with van der Waals surface area (Å²) in [6.07, 6.45) is 2.19. The lowest BCUT2D eigenvalue weighted by molar-refractivity contribution is 1.12. The molecule has 3 nitrogen and oxygen atoms in total. The number of hydrogen-bond acceptors (Lipinski definition) is 2. The minimum atomic E-state index is 1.12. The molecule has 12 aromatic rings. The molecule has 4 heteroatoms. The lowest BCUT2D eigenvalue weighted by Gasteiger charge is -2.27. The van der Waals surface area contributed by atoms with Crippen molar-refractivity contribution in [1.29, 1.82) is 0 Å². The second-order valence-corrected chi connectivity index (χ2v) is 16.1. The molecule has 0 saturated carbocycles. The number of fused-ring (bicyclic) bond motifs is 9. The highest BCUT2D eigenvalue weighted by Gasteiger charge is 2.19. The highest BCUT2D eigenvalue weighted by atomic mass is 32.1. The Bertz CT molecular complexity index is 3490. The molecule has 0 saturated heterocycles. The maximum atomic E-state index is 2.44. The SMILES string of the molecule is c1ccc(-n2ccc3ccc4c5ccccc5n(-c5ccc(-c6ccc(N(c7ccc8sc9ccccc9c8c7)c7cccc8ccccc78)cc6)cc5)c4c32)cc1. The van der Waals surface area contributed by atoms with Gasteiger partial charge in [-0.05, 0) is 95.4 Å². The number of aromatic nitrogens is 2. The number of rotatable bonds is 6. The van der Waals surface area contributed by atoms with Crippen molar-refractivity contribution in [2.45, 2.75) is 0 Å². The summed E-state index contributed by atoms with van der Waals surface area (Å²) in [5.41, 5.74) is 11.7. The first-order valence-electron chi connectivity index (χ1n) is 19.8. The van der Waals surface area contributed by atoms with Crippen molar-refractivity contribution >= 4 is 92.1 Å². The third kappa shape index (κ3) is 5.12. The zero-order valence-electron chi connectivity index (χ0n) is 31.5. The van der Waals surface area contributed by atoms with Gasteiger partial charge in [0.2, 0.25) is 0 Å². The van der Waals surface area contributed by atoms with Gasteiger partial charge in [0.25, 0.3) is 0 Å². The van der Waals surface area contributed by atoms with E-state index in [4.69, 9.17) is 0 Å². The van der Waals surface area contributed by atoms with Crippen LogP contribution in [0.25, 0.3) is 86.2 Å². The predicted molar refractivity (Wildman–Crippen MR) is 248 cm³/mol. The molecule has 0 bridgehead atoms. The van der Waals surface area contributed by atoms with Crippen molar-refractivity contribution in [2.75, 3.05) is 4.90 Å². The zero-order chi connectivity index (χ0) is 38.2. The molecule has 0 aliphatic carbocycles. The predicted octanol–water partition coefficient (Wildman–Crippen LogP) is 15.4. The minimum absolute atomic E-state index is 1.12. The Morgan fingerprint density at radius 2 is 1.05 bits per heavy atom. The van der Waals surface area contributed by atoms with Gasteiger partial charge in [-0.15, -0.1) is 11.3 Å². The normalized spacial score (nSPS) is 11.8. The maximum absolute atomic E-state index is 2.44. The van der Waals surface area contributed by atoms with E-state index in [-0.39, 0.29) is 0 Å². The van der Waals surface area contributed by atoms with E-state index < -0.39 is 0 Å². The molecule has 3 aromatic heterocycles. The van der Waals surface area contributed by atoms with E-state index in [1.165, 1.54) is 74.8 Å². The first kappa shape index (κ1) is 32.8. The van der Waals surface area contributed by atoms with Gasteiger partial charge in [0, 0.05) is 70.7 Å². The van der Waals surface area contributed by atoms with Gasteiger partial charge in [-0.3, -0.25) is 0 Å². The largest absolute Gasteiger partial charge is 0.315 e. The lowest BCUT2D eigenvalue weighted by Crippen LogP contribution is -2.10. The molecule has 3 heterocycles. The maximum Gasteiger partial charge on any atom is 0.0788 e. The summed E-state index contributed by atoms with van der Waals surface area (Å²) in [5, 5.41) is 8.76. The van der Waals surface area contributed by atoms with E-state index >= 15 is 0 Å². The summed E-state index contributed by atoms with van der Waals surface area (Å²) in [5.74, 6) is 0. The Kier molecular flexibility index (Phi) is 7.40. The first-order chi connectivity index (χ1) is 28.8. The molecule has 0 spiro atoms. The highest BCUT2D eigenvalue weighted by Crippen LogP contribution is 2.43.